The third-order valence-electron chi connectivity index (χ3n) is 3.14. The highest BCUT2D eigenvalue weighted by Crippen LogP contribution is 2.24. The molecule has 0 spiro atoms. The van der Waals surface area contributed by atoms with E-state index in [1.165, 1.54) is 18.2 Å². The van der Waals surface area contributed by atoms with Crippen molar-refractivity contribution in [2.45, 2.75) is 6.92 Å². The lowest BCUT2D eigenvalue weighted by atomic mass is 10.0. The number of halogens is 2. The van der Waals surface area contributed by atoms with Gasteiger partial charge in [-0.2, -0.15) is 0 Å². The predicted octanol–water partition coefficient (Wildman–Crippen LogP) is 4.76. The van der Waals surface area contributed by atoms with E-state index in [4.69, 9.17) is 16.0 Å². The minimum atomic E-state index is -0.361. The summed E-state index contributed by atoms with van der Waals surface area (Å²) in [6.07, 6.45) is 0. The smallest absolute Gasteiger partial charge is 0.228 e. The maximum atomic E-state index is 13.1. The van der Waals surface area contributed by atoms with Crippen molar-refractivity contribution < 1.29 is 13.6 Å². The van der Waals surface area contributed by atoms with Gasteiger partial charge >= 0.3 is 0 Å². The number of ketones is 1. The van der Waals surface area contributed by atoms with Crippen LogP contribution in [0.2, 0.25) is 5.02 Å². The summed E-state index contributed by atoms with van der Waals surface area (Å²) in [5.41, 5.74) is 1.78. The number of rotatable bonds is 2. The van der Waals surface area contributed by atoms with Gasteiger partial charge in [0.15, 0.2) is 5.76 Å². The van der Waals surface area contributed by atoms with E-state index < -0.39 is 0 Å². The van der Waals surface area contributed by atoms with E-state index >= 15 is 0 Å². The fourth-order valence-electron chi connectivity index (χ4n) is 2.14. The molecule has 0 N–H and O–H groups in total. The maximum absolute atomic E-state index is 13.1. The van der Waals surface area contributed by atoms with Gasteiger partial charge in [-0.3, -0.25) is 4.79 Å². The highest BCUT2D eigenvalue weighted by atomic mass is 35.5. The van der Waals surface area contributed by atoms with Crippen molar-refractivity contribution in [3.63, 3.8) is 0 Å². The lowest BCUT2D eigenvalue weighted by Gasteiger charge is -2.02. The first-order chi connectivity index (χ1) is 9.54. The van der Waals surface area contributed by atoms with Crippen LogP contribution in [0.25, 0.3) is 11.0 Å². The van der Waals surface area contributed by atoms with E-state index in [0.717, 1.165) is 5.56 Å². The minimum Gasteiger partial charge on any atom is -0.453 e. The van der Waals surface area contributed by atoms with Gasteiger partial charge in [-0.05, 0) is 55.0 Å². The number of carbonyl (C=O) groups excluding carboxylic acids is 1. The summed E-state index contributed by atoms with van der Waals surface area (Å²) in [7, 11) is 0. The van der Waals surface area contributed by atoms with Gasteiger partial charge in [0.05, 0.1) is 0 Å². The van der Waals surface area contributed by atoms with Crippen LogP contribution in [0.3, 0.4) is 0 Å². The second-order valence-corrected chi connectivity index (χ2v) is 5.02. The number of furan rings is 1. The Hall–Kier alpha value is -2.13. The lowest BCUT2D eigenvalue weighted by molar-refractivity contribution is 0.101. The molecule has 0 bridgehead atoms. The molecule has 3 rings (SSSR count). The number of aryl methyl sites for hydroxylation is 1. The van der Waals surface area contributed by atoms with Crippen molar-refractivity contribution in [1.82, 2.24) is 0 Å². The zero-order valence-electron chi connectivity index (χ0n) is 10.6. The number of hydrogen-bond donors (Lipinski definition) is 0. The van der Waals surface area contributed by atoms with E-state index in [1.54, 1.807) is 31.2 Å². The fourth-order valence-corrected chi connectivity index (χ4v) is 2.37. The Labute approximate surface area is 119 Å². The molecule has 1 aromatic heterocycles. The minimum absolute atomic E-state index is 0.191. The molecule has 0 saturated carbocycles. The Morgan fingerprint density at radius 3 is 2.70 bits per heavy atom. The zero-order valence-corrected chi connectivity index (χ0v) is 11.4. The van der Waals surface area contributed by atoms with Gasteiger partial charge in [0.25, 0.3) is 0 Å². The second-order valence-electron chi connectivity index (χ2n) is 4.58. The fraction of sp³-hybridized carbons (Fsp3) is 0.0625. The normalized spacial score (nSPS) is 10.9. The first kappa shape index (κ1) is 12.9. The van der Waals surface area contributed by atoms with Crippen LogP contribution in [0.5, 0.6) is 0 Å². The Morgan fingerprint density at radius 1 is 1.15 bits per heavy atom. The molecule has 0 aliphatic rings. The monoisotopic (exact) mass is 288 g/mol. The summed E-state index contributed by atoms with van der Waals surface area (Å²) in [5.74, 6) is -0.410. The average Bonchev–Trinajstić information content (AvgIpc) is 2.81. The number of benzene rings is 2. The van der Waals surface area contributed by atoms with Gasteiger partial charge in [-0.15, -0.1) is 0 Å². The highest BCUT2D eigenvalue weighted by Gasteiger charge is 2.16. The zero-order chi connectivity index (χ0) is 14.3. The van der Waals surface area contributed by atoms with Crippen LogP contribution in [0.1, 0.15) is 21.7 Å². The van der Waals surface area contributed by atoms with E-state index in [2.05, 4.69) is 0 Å². The third-order valence-corrected chi connectivity index (χ3v) is 3.37. The quantitative estimate of drug-likeness (QED) is 0.636. The Balaban J connectivity index is 2.08. The Kier molecular flexibility index (Phi) is 3.07. The van der Waals surface area contributed by atoms with Crippen molar-refractivity contribution in [1.29, 1.82) is 0 Å². The van der Waals surface area contributed by atoms with Crippen LogP contribution in [0.15, 0.2) is 46.9 Å². The van der Waals surface area contributed by atoms with Crippen LogP contribution in [0, 0.1) is 12.7 Å². The summed E-state index contributed by atoms with van der Waals surface area (Å²) in [4.78, 5) is 12.4. The molecule has 0 atom stereocenters. The van der Waals surface area contributed by atoms with Crippen molar-refractivity contribution in [3.05, 3.63) is 70.2 Å². The van der Waals surface area contributed by atoms with Crippen molar-refractivity contribution in [3.8, 4) is 0 Å². The SMILES string of the molecule is Cc1cc(Cl)ccc1C(=O)c1cc2cc(F)ccc2o1. The number of hydrogen-bond acceptors (Lipinski definition) is 2. The summed E-state index contributed by atoms with van der Waals surface area (Å²) in [6, 6.07) is 10.7. The van der Waals surface area contributed by atoms with E-state index in [-0.39, 0.29) is 17.4 Å². The first-order valence-electron chi connectivity index (χ1n) is 6.04. The molecule has 0 unspecified atom stereocenters. The molecule has 0 aliphatic carbocycles. The van der Waals surface area contributed by atoms with Crippen LogP contribution in [0.4, 0.5) is 4.39 Å². The van der Waals surface area contributed by atoms with Crippen LogP contribution < -0.4 is 0 Å². The van der Waals surface area contributed by atoms with E-state index in [1.807, 2.05) is 0 Å². The molecule has 0 radical (unpaired) electrons. The average molecular weight is 289 g/mol. The summed E-state index contributed by atoms with van der Waals surface area (Å²) >= 11 is 5.87. The van der Waals surface area contributed by atoms with Gasteiger partial charge < -0.3 is 4.42 Å². The van der Waals surface area contributed by atoms with Gasteiger partial charge in [0.2, 0.25) is 5.78 Å². The van der Waals surface area contributed by atoms with Gasteiger partial charge in [-0.25, -0.2) is 4.39 Å². The highest BCUT2D eigenvalue weighted by molar-refractivity contribution is 6.30. The molecule has 0 fully saturated rings. The predicted molar refractivity (Wildman–Crippen MR) is 75.8 cm³/mol. The van der Waals surface area contributed by atoms with Crippen LogP contribution >= 0.6 is 11.6 Å². The molecule has 100 valence electrons. The van der Waals surface area contributed by atoms with Gasteiger partial charge in [0.1, 0.15) is 11.4 Å². The Bertz CT molecular complexity index is 820. The third kappa shape index (κ3) is 2.21. The molecule has 20 heavy (non-hydrogen) atoms. The summed E-state index contributed by atoms with van der Waals surface area (Å²) in [6.45, 7) is 1.81. The molecule has 0 amide bonds. The van der Waals surface area contributed by atoms with Crippen molar-refractivity contribution in [2.75, 3.05) is 0 Å². The molecule has 1 heterocycles. The molecular formula is C16H10ClFO2. The number of carbonyl (C=O) groups is 1. The lowest BCUT2D eigenvalue weighted by Crippen LogP contribution is -2.01. The summed E-state index contributed by atoms with van der Waals surface area (Å²) in [5, 5.41) is 1.14. The van der Waals surface area contributed by atoms with Crippen molar-refractivity contribution in [2.24, 2.45) is 0 Å². The van der Waals surface area contributed by atoms with E-state index in [0.29, 0.717) is 21.6 Å². The molecule has 0 saturated heterocycles. The Morgan fingerprint density at radius 2 is 1.95 bits per heavy atom. The van der Waals surface area contributed by atoms with Crippen LogP contribution in [-0.2, 0) is 0 Å². The molecule has 4 heteroatoms. The molecule has 3 aromatic rings. The van der Waals surface area contributed by atoms with Gasteiger partial charge in [-0.1, -0.05) is 11.6 Å². The number of fused-ring (bicyclic) bond motifs is 1. The molecule has 2 aromatic carbocycles. The van der Waals surface area contributed by atoms with Crippen LogP contribution in [-0.4, -0.2) is 5.78 Å². The second kappa shape index (κ2) is 4.76. The molecular weight excluding hydrogens is 279 g/mol. The maximum Gasteiger partial charge on any atom is 0.228 e. The van der Waals surface area contributed by atoms with Gasteiger partial charge in [0, 0.05) is 16.0 Å². The topological polar surface area (TPSA) is 30.2 Å². The molecule has 0 aliphatic heterocycles. The van der Waals surface area contributed by atoms with Crippen molar-refractivity contribution >= 4 is 28.4 Å². The first-order valence-corrected chi connectivity index (χ1v) is 6.42. The standard InChI is InChI=1S/C16H10ClFO2/c1-9-6-11(17)2-4-13(9)16(19)15-8-10-7-12(18)3-5-14(10)20-15/h2-8H,1H3. The van der Waals surface area contributed by atoms with E-state index in [9.17, 15) is 9.18 Å². The summed E-state index contributed by atoms with van der Waals surface area (Å²) < 4.78 is 18.6. The molecule has 2 nitrogen and oxygen atoms in total. The largest absolute Gasteiger partial charge is 0.453 e.